The van der Waals surface area contributed by atoms with Crippen LogP contribution in [0.1, 0.15) is 24.4 Å². The molecule has 1 saturated heterocycles. The van der Waals surface area contributed by atoms with Gasteiger partial charge in [0.1, 0.15) is 0 Å². The molecule has 6 heteroatoms. The molecule has 1 aliphatic heterocycles. The van der Waals surface area contributed by atoms with E-state index in [0.29, 0.717) is 0 Å². The highest BCUT2D eigenvalue weighted by Crippen LogP contribution is 2.32. The number of rotatable bonds is 4. The van der Waals surface area contributed by atoms with Crippen LogP contribution >= 0.6 is 0 Å². The van der Waals surface area contributed by atoms with Crippen LogP contribution in [0.4, 0.5) is 13.2 Å². The molecule has 1 aromatic carbocycles. The number of fused-ring (bicyclic) bond motifs is 1. The second-order valence-corrected chi connectivity index (χ2v) is 5.78. The SMILES string of the molecule is FC(F)(F)CC[C@@H](c1ccc2cc[nH]c2c1)N1CCNCC1. The van der Waals surface area contributed by atoms with Gasteiger partial charge in [-0.2, -0.15) is 13.2 Å². The molecule has 0 aliphatic carbocycles. The summed E-state index contributed by atoms with van der Waals surface area (Å²) < 4.78 is 38.0. The summed E-state index contributed by atoms with van der Waals surface area (Å²) >= 11 is 0. The first-order valence-electron chi connectivity index (χ1n) is 7.61. The predicted molar refractivity (Wildman–Crippen MR) is 80.8 cm³/mol. The Morgan fingerprint density at radius 3 is 2.64 bits per heavy atom. The number of hydrogen-bond donors (Lipinski definition) is 2. The van der Waals surface area contributed by atoms with Gasteiger partial charge in [-0.15, -0.1) is 0 Å². The van der Waals surface area contributed by atoms with Crippen molar-refractivity contribution in [2.24, 2.45) is 0 Å². The zero-order valence-corrected chi connectivity index (χ0v) is 12.3. The van der Waals surface area contributed by atoms with E-state index in [9.17, 15) is 13.2 Å². The van der Waals surface area contributed by atoms with Gasteiger partial charge in [-0.25, -0.2) is 0 Å². The van der Waals surface area contributed by atoms with Gasteiger partial charge in [0, 0.05) is 50.4 Å². The number of halogens is 3. The van der Waals surface area contributed by atoms with Crippen molar-refractivity contribution in [3.8, 4) is 0 Å². The van der Waals surface area contributed by atoms with Crippen LogP contribution in [0.5, 0.6) is 0 Å². The predicted octanol–water partition coefficient (Wildman–Crippen LogP) is 3.46. The summed E-state index contributed by atoms with van der Waals surface area (Å²) in [6.07, 6.45) is -2.90. The van der Waals surface area contributed by atoms with Crippen molar-refractivity contribution in [1.82, 2.24) is 15.2 Å². The number of nitrogens with zero attached hydrogens (tertiary/aromatic N) is 1. The molecule has 1 fully saturated rings. The summed E-state index contributed by atoms with van der Waals surface area (Å²) in [6.45, 7) is 3.22. The number of alkyl halides is 3. The van der Waals surface area contributed by atoms with Crippen molar-refractivity contribution in [3.05, 3.63) is 36.0 Å². The fourth-order valence-corrected chi connectivity index (χ4v) is 3.13. The third-order valence-corrected chi connectivity index (χ3v) is 4.26. The molecule has 2 heterocycles. The van der Waals surface area contributed by atoms with Crippen LogP contribution < -0.4 is 5.32 Å². The van der Waals surface area contributed by atoms with Gasteiger partial charge >= 0.3 is 6.18 Å². The van der Waals surface area contributed by atoms with E-state index in [1.165, 1.54) is 0 Å². The Balaban J connectivity index is 1.85. The quantitative estimate of drug-likeness (QED) is 0.906. The van der Waals surface area contributed by atoms with Crippen LogP contribution in [0.25, 0.3) is 10.9 Å². The standard InChI is InChI=1S/C16H20F3N3/c17-16(18,19)5-3-15(22-9-7-20-8-10-22)13-2-1-12-4-6-21-14(12)11-13/h1-2,4,6,11,15,20-21H,3,5,7-10H2/t15-/m0/s1. The van der Waals surface area contributed by atoms with Crippen LogP contribution in [0.3, 0.4) is 0 Å². The molecule has 2 N–H and O–H groups in total. The average molecular weight is 311 g/mol. The van der Waals surface area contributed by atoms with Crippen LogP contribution in [-0.2, 0) is 0 Å². The molecule has 120 valence electrons. The minimum Gasteiger partial charge on any atom is -0.361 e. The van der Waals surface area contributed by atoms with E-state index in [0.717, 1.165) is 42.6 Å². The van der Waals surface area contributed by atoms with E-state index in [1.54, 1.807) is 0 Å². The summed E-state index contributed by atoms with van der Waals surface area (Å²) in [5.41, 5.74) is 1.94. The van der Waals surface area contributed by atoms with Crippen molar-refractivity contribution in [2.75, 3.05) is 26.2 Å². The van der Waals surface area contributed by atoms with E-state index in [2.05, 4.69) is 15.2 Å². The van der Waals surface area contributed by atoms with Gasteiger partial charge < -0.3 is 10.3 Å². The molecule has 3 nitrogen and oxygen atoms in total. The van der Waals surface area contributed by atoms with Crippen LogP contribution in [0.2, 0.25) is 0 Å². The lowest BCUT2D eigenvalue weighted by Gasteiger charge is -2.35. The second kappa shape index (κ2) is 6.30. The fourth-order valence-electron chi connectivity index (χ4n) is 3.13. The summed E-state index contributed by atoms with van der Waals surface area (Å²) in [6, 6.07) is 7.70. The smallest absolute Gasteiger partial charge is 0.361 e. The molecule has 1 aliphatic rings. The number of hydrogen-bond acceptors (Lipinski definition) is 2. The number of benzene rings is 1. The Kier molecular flexibility index (Phi) is 4.40. The molecule has 0 saturated carbocycles. The Labute approximate surface area is 127 Å². The van der Waals surface area contributed by atoms with Gasteiger partial charge in [-0.1, -0.05) is 12.1 Å². The van der Waals surface area contributed by atoms with Crippen molar-refractivity contribution in [2.45, 2.75) is 25.1 Å². The molecule has 22 heavy (non-hydrogen) atoms. The van der Waals surface area contributed by atoms with Gasteiger partial charge in [0.05, 0.1) is 0 Å². The molecular formula is C16H20F3N3. The highest BCUT2D eigenvalue weighted by Gasteiger charge is 2.31. The lowest BCUT2D eigenvalue weighted by atomic mass is 9.98. The molecule has 0 spiro atoms. The number of aromatic nitrogens is 1. The van der Waals surface area contributed by atoms with Gasteiger partial charge in [0.15, 0.2) is 0 Å². The van der Waals surface area contributed by atoms with E-state index < -0.39 is 12.6 Å². The Morgan fingerprint density at radius 2 is 1.91 bits per heavy atom. The molecule has 0 amide bonds. The first kappa shape index (κ1) is 15.4. The molecule has 0 radical (unpaired) electrons. The highest BCUT2D eigenvalue weighted by molar-refractivity contribution is 5.79. The Hall–Kier alpha value is -1.53. The van der Waals surface area contributed by atoms with Gasteiger partial charge in [0.25, 0.3) is 0 Å². The lowest BCUT2D eigenvalue weighted by Crippen LogP contribution is -2.45. The first-order valence-corrected chi connectivity index (χ1v) is 7.61. The average Bonchev–Trinajstić information content (AvgIpc) is 2.95. The second-order valence-electron chi connectivity index (χ2n) is 5.78. The Bertz CT molecular complexity index is 614. The molecule has 0 unspecified atom stereocenters. The number of piperazine rings is 1. The van der Waals surface area contributed by atoms with E-state index in [1.807, 2.05) is 30.5 Å². The topological polar surface area (TPSA) is 31.1 Å². The monoisotopic (exact) mass is 311 g/mol. The van der Waals surface area contributed by atoms with Gasteiger partial charge in [-0.3, -0.25) is 4.90 Å². The largest absolute Gasteiger partial charge is 0.389 e. The maximum absolute atomic E-state index is 12.7. The van der Waals surface area contributed by atoms with E-state index in [4.69, 9.17) is 0 Å². The molecular weight excluding hydrogens is 291 g/mol. The van der Waals surface area contributed by atoms with E-state index in [-0.39, 0.29) is 12.5 Å². The van der Waals surface area contributed by atoms with Gasteiger partial charge in [0.2, 0.25) is 0 Å². The fraction of sp³-hybridized carbons (Fsp3) is 0.500. The van der Waals surface area contributed by atoms with Crippen molar-refractivity contribution < 1.29 is 13.2 Å². The lowest BCUT2D eigenvalue weighted by molar-refractivity contribution is -0.138. The van der Waals surface area contributed by atoms with Crippen LogP contribution in [0.15, 0.2) is 30.5 Å². The third-order valence-electron chi connectivity index (χ3n) is 4.26. The molecule has 0 bridgehead atoms. The molecule has 2 aromatic rings. The molecule has 3 rings (SSSR count). The molecule has 1 atom stereocenters. The minimum absolute atomic E-state index is 0.107. The van der Waals surface area contributed by atoms with Crippen LogP contribution in [-0.4, -0.2) is 42.2 Å². The third kappa shape index (κ3) is 3.62. The van der Waals surface area contributed by atoms with Crippen LogP contribution in [0, 0.1) is 0 Å². The van der Waals surface area contributed by atoms with E-state index >= 15 is 0 Å². The summed E-state index contributed by atoms with van der Waals surface area (Å²) in [7, 11) is 0. The van der Waals surface area contributed by atoms with Crippen molar-refractivity contribution in [1.29, 1.82) is 0 Å². The number of H-pyrrole nitrogens is 1. The summed E-state index contributed by atoms with van der Waals surface area (Å²) in [5.74, 6) is 0. The zero-order chi connectivity index (χ0) is 15.6. The van der Waals surface area contributed by atoms with Crippen molar-refractivity contribution in [3.63, 3.8) is 0 Å². The first-order chi connectivity index (χ1) is 10.5. The highest BCUT2D eigenvalue weighted by atomic mass is 19.4. The normalized spacial score (nSPS) is 18.7. The minimum atomic E-state index is -4.11. The van der Waals surface area contributed by atoms with Crippen molar-refractivity contribution >= 4 is 10.9 Å². The maximum Gasteiger partial charge on any atom is 0.389 e. The zero-order valence-electron chi connectivity index (χ0n) is 12.3. The Morgan fingerprint density at radius 1 is 1.14 bits per heavy atom. The summed E-state index contributed by atoms with van der Waals surface area (Å²) in [5, 5.41) is 4.33. The summed E-state index contributed by atoms with van der Waals surface area (Å²) in [4.78, 5) is 5.30. The molecule has 1 aromatic heterocycles. The maximum atomic E-state index is 12.7. The van der Waals surface area contributed by atoms with Gasteiger partial charge in [-0.05, 0) is 29.5 Å². The number of aromatic amines is 1. The number of nitrogens with one attached hydrogen (secondary N) is 2.